The third-order valence-electron chi connectivity index (χ3n) is 4.62. The predicted octanol–water partition coefficient (Wildman–Crippen LogP) is 4.40. The van der Waals surface area contributed by atoms with Crippen LogP contribution < -0.4 is 5.32 Å². The molecule has 7 nitrogen and oxygen atoms in total. The number of pyridine rings is 1. The summed E-state index contributed by atoms with van der Waals surface area (Å²) in [5, 5.41) is 8.88. The van der Waals surface area contributed by atoms with E-state index in [9.17, 15) is 4.79 Å². The average molecular weight is 419 g/mol. The lowest BCUT2D eigenvalue weighted by atomic mass is 10.1. The lowest BCUT2D eigenvalue weighted by Crippen LogP contribution is -2.13. The predicted molar refractivity (Wildman–Crippen MR) is 118 cm³/mol. The quantitative estimate of drug-likeness (QED) is 0.495. The molecule has 0 bridgehead atoms. The molecule has 3 aromatic heterocycles. The van der Waals surface area contributed by atoms with Crippen molar-refractivity contribution in [3.8, 4) is 0 Å². The number of fused-ring (bicyclic) bond motifs is 1. The molecule has 0 aliphatic rings. The number of hydrogen-bond donors (Lipinski definition) is 1. The minimum atomic E-state index is -0.181. The number of benzene rings is 1. The zero-order chi connectivity index (χ0) is 21.4. The number of nitrogens with zero attached hydrogens (tertiary/aromatic N) is 5. The molecule has 4 aromatic rings. The van der Waals surface area contributed by atoms with Gasteiger partial charge in [0.15, 0.2) is 10.8 Å². The minimum absolute atomic E-state index is 0.181. The molecule has 1 N–H and O–H groups in total. The first kappa shape index (κ1) is 20.0. The molecule has 1 aromatic carbocycles. The van der Waals surface area contributed by atoms with Crippen LogP contribution >= 0.6 is 11.8 Å². The van der Waals surface area contributed by atoms with Crippen LogP contribution in [0.1, 0.15) is 33.1 Å². The molecule has 152 valence electrons. The maximum atomic E-state index is 13.0. The largest absolute Gasteiger partial charge is 0.322 e. The van der Waals surface area contributed by atoms with E-state index >= 15 is 0 Å². The minimum Gasteiger partial charge on any atom is -0.322 e. The Balaban J connectivity index is 1.55. The van der Waals surface area contributed by atoms with Gasteiger partial charge in [-0.2, -0.15) is 5.10 Å². The molecular weight excluding hydrogens is 396 g/mol. The summed E-state index contributed by atoms with van der Waals surface area (Å²) >= 11 is 1.49. The van der Waals surface area contributed by atoms with Crippen molar-refractivity contribution in [3.63, 3.8) is 0 Å². The summed E-state index contributed by atoms with van der Waals surface area (Å²) in [6.07, 6.45) is 0. The summed E-state index contributed by atoms with van der Waals surface area (Å²) < 4.78 is 1.70. The van der Waals surface area contributed by atoms with Crippen molar-refractivity contribution >= 4 is 34.4 Å². The van der Waals surface area contributed by atoms with Crippen LogP contribution in [-0.2, 0) is 7.05 Å². The molecule has 0 radical (unpaired) electrons. The number of nitrogens with one attached hydrogen (secondary N) is 1. The van der Waals surface area contributed by atoms with Crippen LogP contribution in [0.25, 0.3) is 11.0 Å². The van der Waals surface area contributed by atoms with E-state index in [2.05, 4.69) is 25.4 Å². The second kappa shape index (κ2) is 7.87. The number of rotatable bonds is 4. The fraction of sp³-hybridized carbons (Fsp3) is 0.227. The third kappa shape index (κ3) is 4.04. The summed E-state index contributed by atoms with van der Waals surface area (Å²) in [4.78, 5) is 27.4. The number of anilines is 1. The van der Waals surface area contributed by atoms with Crippen LogP contribution in [0.2, 0.25) is 0 Å². The molecular formula is C22H22N6OS. The highest BCUT2D eigenvalue weighted by atomic mass is 32.2. The van der Waals surface area contributed by atoms with E-state index in [-0.39, 0.29) is 5.91 Å². The van der Waals surface area contributed by atoms with Crippen LogP contribution in [0.4, 0.5) is 5.69 Å². The van der Waals surface area contributed by atoms with Crippen molar-refractivity contribution < 1.29 is 4.79 Å². The molecule has 1 amide bonds. The molecule has 0 aliphatic heterocycles. The maximum absolute atomic E-state index is 13.0. The number of aryl methyl sites for hydroxylation is 5. The van der Waals surface area contributed by atoms with Gasteiger partial charge in [0, 0.05) is 34.7 Å². The Morgan fingerprint density at radius 2 is 1.57 bits per heavy atom. The zero-order valence-corrected chi connectivity index (χ0v) is 18.3. The van der Waals surface area contributed by atoms with Crippen LogP contribution in [0.15, 0.2) is 46.5 Å². The van der Waals surface area contributed by atoms with Gasteiger partial charge < -0.3 is 5.32 Å². The molecule has 0 aliphatic carbocycles. The van der Waals surface area contributed by atoms with Crippen molar-refractivity contribution in [2.24, 2.45) is 7.05 Å². The van der Waals surface area contributed by atoms with E-state index in [0.717, 1.165) is 38.7 Å². The monoisotopic (exact) mass is 418 g/mol. The van der Waals surface area contributed by atoms with Crippen molar-refractivity contribution in [2.45, 2.75) is 37.7 Å². The smallest absolute Gasteiger partial charge is 0.256 e. The molecule has 0 fully saturated rings. The van der Waals surface area contributed by atoms with E-state index in [4.69, 9.17) is 0 Å². The highest BCUT2D eigenvalue weighted by Crippen LogP contribution is 2.27. The summed E-state index contributed by atoms with van der Waals surface area (Å²) in [6.45, 7) is 7.68. The highest BCUT2D eigenvalue weighted by Gasteiger charge is 2.18. The molecule has 0 unspecified atom stereocenters. The van der Waals surface area contributed by atoms with Gasteiger partial charge in [-0.3, -0.25) is 9.48 Å². The standard InChI is InChI=1S/C22H22N6OS/c1-12-10-13(2)25-22(24-12)30-17-8-6-16(7-9-17)26-21(29)18-11-14(3)23-20-19(18)15(4)27-28(20)5/h6-11H,1-5H3,(H,26,29). The fourth-order valence-electron chi connectivity index (χ4n) is 3.40. The van der Waals surface area contributed by atoms with Gasteiger partial charge in [-0.25, -0.2) is 15.0 Å². The Morgan fingerprint density at radius 1 is 0.933 bits per heavy atom. The van der Waals surface area contributed by atoms with Gasteiger partial charge in [-0.15, -0.1) is 0 Å². The second-order valence-electron chi connectivity index (χ2n) is 7.23. The van der Waals surface area contributed by atoms with Gasteiger partial charge in [0.25, 0.3) is 5.91 Å². The number of hydrogen-bond acceptors (Lipinski definition) is 6. The molecule has 0 atom stereocenters. The Kier molecular flexibility index (Phi) is 5.26. The Morgan fingerprint density at radius 3 is 2.23 bits per heavy atom. The van der Waals surface area contributed by atoms with Crippen molar-refractivity contribution in [1.82, 2.24) is 24.7 Å². The summed E-state index contributed by atoms with van der Waals surface area (Å²) in [6, 6.07) is 11.4. The molecule has 4 rings (SSSR count). The maximum Gasteiger partial charge on any atom is 0.256 e. The Labute approximate surface area is 179 Å². The SMILES string of the molecule is Cc1cc(C)nc(Sc2ccc(NC(=O)c3cc(C)nc4c3c(C)nn4C)cc2)n1. The van der Waals surface area contributed by atoms with Crippen LogP contribution in [-0.4, -0.2) is 30.6 Å². The Bertz CT molecular complexity index is 1240. The van der Waals surface area contributed by atoms with Gasteiger partial charge in [0.2, 0.25) is 0 Å². The van der Waals surface area contributed by atoms with Gasteiger partial charge >= 0.3 is 0 Å². The Hall–Kier alpha value is -3.26. The van der Waals surface area contributed by atoms with Gasteiger partial charge in [-0.1, -0.05) is 0 Å². The molecule has 3 heterocycles. The number of carbonyl (C=O) groups is 1. The van der Waals surface area contributed by atoms with Crippen molar-refractivity contribution in [2.75, 3.05) is 5.32 Å². The van der Waals surface area contributed by atoms with E-state index in [1.165, 1.54) is 11.8 Å². The zero-order valence-electron chi connectivity index (χ0n) is 17.5. The highest BCUT2D eigenvalue weighted by molar-refractivity contribution is 7.99. The molecule has 30 heavy (non-hydrogen) atoms. The summed E-state index contributed by atoms with van der Waals surface area (Å²) in [7, 11) is 1.83. The first-order valence-electron chi connectivity index (χ1n) is 9.52. The van der Waals surface area contributed by atoms with E-state index in [1.807, 2.05) is 65.1 Å². The first-order valence-corrected chi connectivity index (χ1v) is 10.3. The topological polar surface area (TPSA) is 85.6 Å². The van der Waals surface area contributed by atoms with Gasteiger partial charge in [-0.05, 0) is 75.9 Å². The van der Waals surface area contributed by atoms with Gasteiger partial charge in [0.1, 0.15) is 0 Å². The third-order valence-corrected chi connectivity index (χ3v) is 5.50. The van der Waals surface area contributed by atoms with Gasteiger partial charge in [0.05, 0.1) is 16.6 Å². The normalized spacial score (nSPS) is 11.1. The second-order valence-corrected chi connectivity index (χ2v) is 8.27. The lowest BCUT2D eigenvalue weighted by molar-refractivity contribution is 0.102. The molecule has 0 saturated carbocycles. The molecule has 0 saturated heterocycles. The van der Waals surface area contributed by atoms with Crippen LogP contribution in [0, 0.1) is 27.7 Å². The van der Waals surface area contributed by atoms with Crippen molar-refractivity contribution in [3.05, 3.63) is 64.7 Å². The summed E-state index contributed by atoms with van der Waals surface area (Å²) in [5.74, 6) is -0.181. The number of amides is 1. The number of carbonyl (C=O) groups excluding carboxylic acids is 1. The summed E-state index contributed by atoms with van der Waals surface area (Å²) in [5.41, 5.74) is 5.44. The van der Waals surface area contributed by atoms with E-state index in [1.54, 1.807) is 10.7 Å². The lowest BCUT2D eigenvalue weighted by Gasteiger charge is -2.09. The van der Waals surface area contributed by atoms with Crippen LogP contribution in [0.5, 0.6) is 0 Å². The first-order chi connectivity index (χ1) is 14.3. The van der Waals surface area contributed by atoms with Crippen molar-refractivity contribution in [1.29, 1.82) is 0 Å². The number of aromatic nitrogens is 5. The fourth-order valence-corrected chi connectivity index (χ4v) is 4.26. The van der Waals surface area contributed by atoms with E-state index < -0.39 is 0 Å². The molecule has 0 spiro atoms. The van der Waals surface area contributed by atoms with Crippen LogP contribution in [0.3, 0.4) is 0 Å². The average Bonchev–Trinajstić information content (AvgIpc) is 2.95. The van der Waals surface area contributed by atoms with E-state index in [0.29, 0.717) is 16.4 Å². The molecule has 8 heteroatoms.